The van der Waals surface area contributed by atoms with Crippen molar-refractivity contribution in [1.82, 2.24) is 24.1 Å². The van der Waals surface area contributed by atoms with E-state index in [9.17, 15) is 0 Å². The number of benzene rings is 6. The molecule has 0 saturated heterocycles. The Morgan fingerprint density at radius 3 is 1.48 bits per heavy atom. The summed E-state index contributed by atoms with van der Waals surface area (Å²) >= 11 is 0. The van der Waals surface area contributed by atoms with Gasteiger partial charge in [-0.3, -0.25) is 14.5 Å². The smallest absolute Gasteiger partial charge is 0.145 e. The quantitative estimate of drug-likeness (QED) is 0.172. The van der Waals surface area contributed by atoms with E-state index in [1.54, 1.807) is 0 Å². The van der Waals surface area contributed by atoms with Crippen LogP contribution in [-0.4, -0.2) is 24.1 Å². The van der Waals surface area contributed by atoms with E-state index in [2.05, 4.69) is 171 Å². The van der Waals surface area contributed by atoms with Crippen molar-refractivity contribution < 1.29 is 0 Å². The lowest BCUT2D eigenvalue weighted by molar-refractivity contribution is 1.14. The van der Waals surface area contributed by atoms with Gasteiger partial charge in [0, 0.05) is 62.6 Å². The Bertz CT molecular complexity index is 3160. The van der Waals surface area contributed by atoms with Crippen molar-refractivity contribution >= 4 is 43.7 Å². The molecule has 0 aliphatic carbocycles. The van der Waals surface area contributed by atoms with Gasteiger partial charge in [0.1, 0.15) is 5.65 Å². The van der Waals surface area contributed by atoms with Crippen LogP contribution in [0.15, 0.2) is 201 Å². The summed E-state index contributed by atoms with van der Waals surface area (Å²) in [5, 5.41) is 4.79. The monoisotopic (exact) mass is 715 g/mol. The summed E-state index contributed by atoms with van der Waals surface area (Å²) in [6.45, 7) is 0. The first-order chi connectivity index (χ1) is 27.8. The molecule has 11 aromatic rings. The summed E-state index contributed by atoms with van der Waals surface area (Å²) in [5.74, 6) is 0. The van der Waals surface area contributed by atoms with Gasteiger partial charge in [-0.25, -0.2) is 4.98 Å². The van der Waals surface area contributed by atoms with Crippen molar-refractivity contribution in [3.05, 3.63) is 201 Å². The summed E-state index contributed by atoms with van der Waals surface area (Å²) in [5.41, 5.74) is 15.2. The second-order valence-electron chi connectivity index (χ2n) is 14.1. The van der Waals surface area contributed by atoms with Crippen LogP contribution < -0.4 is 0 Å². The van der Waals surface area contributed by atoms with Crippen molar-refractivity contribution in [2.75, 3.05) is 0 Å². The maximum absolute atomic E-state index is 4.82. The molecule has 0 fully saturated rings. The Labute approximate surface area is 323 Å². The molecule has 6 aromatic carbocycles. The normalized spacial score (nSPS) is 11.6. The van der Waals surface area contributed by atoms with Crippen molar-refractivity contribution in [3.63, 3.8) is 0 Å². The molecule has 0 N–H and O–H groups in total. The average Bonchev–Trinajstić information content (AvgIpc) is 3.79. The number of hydrogen-bond donors (Lipinski definition) is 0. The van der Waals surface area contributed by atoms with Gasteiger partial charge in [0.05, 0.1) is 27.9 Å². The number of aromatic nitrogens is 5. The molecule has 0 amide bonds. The first kappa shape index (κ1) is 31.9. The van der Waals surface area contributed by atoms with Gasteiger partial charge in [0.25, 0.3) is 0 Å². The minimum atomic E-state index is 0.932. The lowest BCUT2D eigenvalue weighted by atomic mass is 9.96. The number of para-hydroxylation sites is 2. The standard InChI is InChI=1S/C51H33N5/c1-2-11-40(12-3-1)56-50-33-36(21-25-44(50)45-14-10-28-54-51(45)56)35-20-24-43-42-13-4-5-17-48(42)55(49(43)32-35)41-22-18-34(19-23-41)37-29-38(46-15-6-8-26-52-46)31-39(30-37)47-16-7-9-27-53-47/h1-33H. The van der Waals surface area contributed by atoms with E-state index < -0.39 is 0 Å². The molecule has 0 aliphatic heterocycles. The highest BCUT2D eigenvalue weighted by molar-refractivity contribution is 6.11. The fraction of sp³-hybridized carbons (Fsp3) is 0. The SMILES string of the molecule is c1ccc(-n2c3cc(-c4ccc5c6ccccc6n(-c6ccc(-c7cc(-c8ccccn8)cc(-c8ccccn8)c7)cc6)c5c4)ccc3c3cccnc32)cc1. The summed E-state index contributed by atoms with van der Waals surface area (Å²) in [6, 6.07) is 64.7. The van der Waals surface area contributed by atoms with E-state index >= 15 is 0 Å². The maximum Gasteiger partial charge on any atom is 0.145 e. The minimum Gasteiger partial charge on any atom is -0.309 e. The summed E-state index contributed by atoms with van der Waals surface area (Å²) in [6.07, 6.45) is 5.56. The molecule has 56 heavy (non-hydrogen) atoms. The van der Waals surface area contributed by atoms with Gasteiger partial charge in [-0.05, 0) is 119 Å². The molecular formula is C51H33N5. The van der Waals surface area contributed by atoms with Crippen LogP contribution in [0.5, 0.6) is 0 Å². The number of fused-ring (bicyclic) bond motifs is 6. The molecule has 0 saturated carbocycles. The fourth-order valence-electron chi connectivity index (χ4n) is 8.25. The molecule has 5 heteroatoms. The Hall–Kier alpha value is -7.63. The number of nitrogens with zero attached hydrogens (tertiary/aromatic N) is 5. The Kier molecular flexibility index (Phi) is 7.42. The van der Waals surface area contributed by atoms with Gasteiger partial charge in [0.15, 0.2) is 0 Å². The van der Waals surface area contributed by atoms with Gasteiger partial charge < -0.3 is 4.57 Å². The van der Waals surface area contributed by atoms with Gasteiger partial charge in [0.2, 0.25) is 0 Å². The van der Waals surface area contributed by atoms with Crippen LogP contribution >= 0.6 is 0 Å². The second-order valence-corrected chi connectivity index (χ2v) is 14.1. The molecule has 0 spiro atoms. The molecule has 0 radical (unpaired) electrons. The lowest BCUT2D eigenvalue weighted by Crippen LogP contribution is -1.95. The third-order valence-corrected chi connectivity index (χ3v) is 10.9. The molecule has 11 rings (SSSR count). The molecule has 0 bridgehead atoms. The van der Waals surface area contributed by atoms with Gasteiger partial charge in [-0.1, -0.05) is 84.9 Å². The van der Waals surface area contributed by atoms with E-state index in [4.69, 9.17) is 4.98 Å². The molecule has 0 aliphatic rings. The summed E-state index contributed by atoms with van der Waals surface area (Å²) in [4.78, 5) is 14.2. The maximum atomic E-state index is 4.82. The van der Waals surface area contributed by atoms with E-state index in [1.807, 2.05) is 48.9 Å². The number of hydrogen-bond acceptors (Lipinski definition) is 3. The van der Waals surface area contributed by atoms with E-state index in [0.717, 1.165) is 78.2 Å². The van der Waals surface area contributed by atoms with Crippen molar-refractivity contribution in [2.45, 2.75) is 0 Å². The fourth-order valence-corrected chi connectivity index (χ4v) is 8.25. The highest BCUT2D eigenvalue weighted by Gasteiger charge is 2.17. The largest absolute Gasteiger partial charge is 0.309 e. The van der Waals surface area contributed by atoms with Gasteiger partial charge >= 0.3 is 0 Å². The molecule has 5 heterocycles. The Morgan fingerprint density at radius 1 is 0.286 bits per heavy atom. The zero-order valence-electron chi connectivity index (χ0n) is 30.3. The Balaban J connectivity index is 1.04. The zero-order valence-corrected chi connectivity index (χ0v) is 30.3. The van der Waals surface area contributed by atoms with Crippen LogP contribution in [0, 0.1) is 0 Å². The van der Waals surface area contributed by atoms with E-state index in [-0.39, 0.29) is 0 Å². The molecular weight excluding hydrogens is 683 g/mol. The molecule has 262 valence electrons. The van der Waals surface area contributed by atoms with E-state index in [1.165, 1.54) is 21.7 Å². The number of pyridine rings is 3. The van der Waals surface area contributed by atoms with Crippen molar-refractivity contribution in [3.8, 4) is 56.1 Å². The first-order valence-corrected chi connectivity index (χ1v) is 18.8. The minimum absolute atomic E-state index is 0.932. The van der Waals surface area contributed by atoms with Gasteiger partial charge in [-0.2, -0.15) is 0 Å². The molecule has 0 unspecified atom stereocenters. The average molecular weight is 716 g/mol. The van der Waals surface area contributed by atoms with Crippen LogP contribution in [0.2, 0.25) is 0 Å². The van der Waals surface area contributed by atoms with Gasteiger partial charge in [-0.15, -0.1) is 0 Å². The predicted molar refractivity (Wildman–Crippen MR) is 230 cm³/mol. The van der Waals surface area contributed by atoms with Crippen molar-refractivity contribution in [1.29, 1.82) is 0 Å². The molecule has 5 aromatic heterocycles. The van der Waals surface area contributed by atoms with Crippen LogP contribution in [0.4, 0.5) is 0 Å². The predicted octanol–water partition coefficient (Wildman–Crippen LogP) is 12.7. The summed E-state index contributed by atoms with van der Waals surface area (Å²) < 4.78 is 4.67. The highest BCUT2D eigenvalue weighted by Crippen LogP contribution is 2.38. The van der Waals surface area contributed by atoms with Crippen molar-refractivity contribution in [2.24, 2.45) is 0 Å². The van der Waals surface area contributed by atoms with Crippen LogP contribution in [-0.2, 0) is 0 Å². The van der Waals surface area contributed by atoms with Crippen LogP contribution in [0.3, 0.4) is 0 Å². The highest BCUT2D eigenvalue weighted by atomic mass is 15.0. The van der Waals surface area contributed by atoms with E-state index in [0.29, 0.717) is 0 Å². The van der Waals surface area contributed by atoms with Crippen LogP contribution in [0.1, 0.15) is 0 Å². The first-order valence-electron chi connectivity index (χ1n) is 18.8. The molecule has 5 nitrogen and oxygen atoms in total. The third-order valence-electron chi connectivity index (χ3n) is 10.9. The number of rotatable bonds is 6. The topological polar surface area (TPSA) is 48.5 Å². The Morgan fingerprint density at radius 2 is 0.804 bits per heavy atom. The zero-order chi connectivity index (χ0) is 37.0. The third kappa shape index (κ3) is 5.29. The second kappa shape index (κ2) is 13.0. The molecule has 0 atom stereocenters. The summed E-state index contributed by atoms with van der Waals surface area (Å²) in [7, 11) is 0. The van der Waals surface area contributed by atoms with Crippen LogP contribution in [0.25, 0.3) is 99.9 Å². The lowest BCUT2D eigenvalue weighted by Gasteiger charge is -2.13.